The molecule has 0 aliphatic carbocycles. The number of ether oxygens (including phenoxy) is 2. The monoisotopic (exact) mass is 385 g/mol. The highest BCUT2D eigenvalue weighted by atomic mass is 79.9. The van der Waals surface area contributed by atoms with Gasteiger partial charge in [0.25, 0.3) is 0 Å². The van der Waals surface area contributed by atoms with Gasteiger partial charge in [-0.05, 0) is 43.0 Å². The minimum Gasteiger partial charge on any atom is -0.478 e. The largest absolute Gasteiger partial charge is 0.478 e. The van der Waals surface area contributed by atoms with Crippen LogP contribution in [0.15, 0.2) is 16.6 Å². The molecule has 0 spiro atoms. The van der Waals surface area contributed by atoms with Crippen molar-refractivity contribution in [3.05, 3.63) is 33.3 Å². The molecule has 0 bridgehead atoms. The van der Waals surface area contributed by atoms with E-state index in [-0.39, 0.29) is 0 Å². The Kier molecular flexibility index (Phi) is 7.02. The molecule has 1 saturated heterocycles. The molecule has 0 radical (unpaired) electrons. The van der Waals surface area contributed by atoms with Gasteiger partial charge in [0.2, 0.25) is 0 Å². The number of hydrogen-bond donors (Lipinski definition) is 1. The first-order chi connectivity index (χ1) is 11.0. The molecule has 0 atom stereocenters. The average molecular weight is 386 g/mol. The summed E-state index contributed by atoms with van der Waals surface area (Å²) in [5, 5.41) is 9.37. The third-order valence-electron chi connectivity index (χ3n) is 4.37. The van der Waals surface area contributed by atoms with Crippen molar-refractivity contribution < 1.29 is 19.4 Å². The van der Waals surface area contributed by atoms with E-state index >= 15 is 0 Å². The van der Waals surface area contributed by atoms with Crippen molar-refractivity contribution in [2.45, 2.75) is 32.4 Å². The van der Waals surface area contributed by atoms with E-state index in [1.54, 1.807) is 13.2 Å². The summed E-state index contributed by atoms with van der Waals surface area (Å²) in [7, 11) is 1.70. The van der Waals surface area contributed by atoms with E-state index in [4.69, 9.17) is 9.47 Å². The number of hydrogen-bond acceptors (Lipinski definition) is 4. The Labute approximate surface area is 145 Å². The molecule has 1 aliphatic rings. The van der Waals surface area contributed by atoms with Gasteiger partial charge in [-0.3, -0.25) is 4.90 Å². The van der Waals surface area contributed by atoms with Crippen LogP contribution in [-0.2, 0) is 16.0 Å². The van der Waals surface area contributed by atoms with Crippen molar-refractivity contribution in [1.82, 2.24) is 4.90 Å². The lowest BCUT2D eigenvalue weighted by molar-refractivity contribution is 0.0212. The maximum atomic E-state index is 11.4. The number of carboxylic acid groups (broad SMARTS) is 1. The van der Waals surface area contributed by atoms with Crippen molar-refractivity contribution in [3.63, 3.8) is 0 Å². The van der Waals surface area contributed by atoms with Crippen LogP contribution in [0, 0.1) is 6.92 Å². The van der Waals surface area contributed by atoms with E-state index in [1.807, 2.05) is 13.0 Å². The lowest BCUT2D eigenvalue weighted by Gasteiger charge is -2.34. The Morgan fingerprint density at radius 2 is 2.13 bits per heavy atom. The Hall–Kier alpha value is -0.950. The van der Waals surface area contributed by atoms with Crippen molar-refractivity contribution in [1.29, 1.82) is 0 Å². The molecule has 6 heteroatoms. The molecule has 1 N–H and O–H groups in total. The van der Waals surface area contributed by atoms with Crippen molar-refractivity contribution in [3.8, 4) is 0 Å². The molecule has 5 nitrogen and oxygen atoms in total. The fourth-order valence-corrected chi connectivity index (χ4v) is 3.50. The van der Waals surface area contributed by atoms with Crippen LogP contribution in [0.3, 0.4) is 0 Å². The number of carboxylic acids is 1. The van der Waals surface area contributed by atoms with Crippen molar-refractivity contribution >= 4 is 21.9 Å². The number of benzene rings is 1. The highest BCUT2D eigenvalue weighted by Crippen LogP contribution is 2.25. The number of methoxy groups -OCH3 is 1. The van der Waals surface area contributed by atoms with Gasteiger partial charge in [-0.15, -0.1) is 0 Å². The smallest absolute Gasteiger partial charge is 0.336 e. The molecule has 0 amide bonds. The van der Waals surface area contributed by atoms with Crippen LogP contribution in [0.5, 0.6) is 0 Å². The first-order valence-electron chi connectivity index (χ1n) is 7.86. The predicted octanol–water partition coefficient (Wildman–Crippen LogP) is 3.08. The predicted molar refractivity (Wildman–Crippen MR) is 92.0 cm³/mol. The van der Waals surface area contributed by atoms with Crippen molar-refractivity contribution in [2.24, 2.45) is 0 Å². The van der Waals surface area contributed by atoms with E-state index in [2.05, 4.69) is 20.8 Å². The van der Waals surface area contributed by atoms with E-state index in [0.717, 1.165) is 54.7 Å². The van der Waals surface area contributed by atoms with E-state index in [9.17, 15) is 9.90 Å². The van der Waals surface area contributed by atoms with Crippen LogP contribution in [0.2, 0.25) is 0 Å². The minimum absolute atomic E-state index is 0.355. The Bertz CT molecular complexity index is 544. The maximum Gasteiger partial charge on any atom is 0.336 e. The van der Waals surface area contributed by atoms with Gasteiger partial charge in [0.05, 0.1) is 12.2 Å². The number of nitrogens with zero attached hydrogens (tertiary/aromatic N) is 1. The highest BCUT2D eigenvalue weighted by molar-refractivity contribution is 9.10. The second-order valence-corrected chi connectivity index (χ2v) is 6.77. The fourth-order valence-electron chi connectivity index (χ4n) is 2.99. The lowest BCUT2D eigenvalue weighted by atomic mass is 10.00. The van der Waals surface area contributed by atoms with Gasteiger partial charge in [-0.25, -0.2) is 4.79 Å². The molecule has 0 unspecified atom stereocenters. The summed E-state index contributed by atoms with van der Waals surface area (Å²) >= 11 is 3.43. The van der Waals surface area contributed by atoms with Gasteiger partial charge in [-0.2, -0.15) is 0 Å². The third kappa shape index (κ3) is 5.01. The summed E-state index contributed by atoms with van der Waals surface area (Å²) in [6.07, 6.45) is 2.01. The van der Waals surface area contributed by atoms with Gasteiger partial charge in [0.1, 0.15) is 0 Å². The second kappa shape index (κ2) is 8.78. The Morgan fingerprint density at radius 3 is 2.74 bits per heavy atom. The number of carbonyl (C=O) groups is 1. The molecule has 1 heterocycles. The molecule has 2 rings (SSSR count). The quantitative estimate of drug-likeness (QED) is 0.781. The summed E-state index contributed by atoms with van der Waals surface area (Å²) in [4.78, 5) is 13.8. The van der Waals surface area contributed by atoms with Crippen LogP contribution in [0.4, 0.5) is 0 Å². The van der Waals surface area contributed by atoms with Crippen LogP contribution in [-0.4, -0.2) is 55.5 Å². The third-order valence-corrected chi connectivity index (χ3v) is 4.83. The van der Waals surface area contributed by atoms with Gasteiger partial charge >= 0.3 is 5.97 Å². The van der Waals surface area contributed by atoms with Gasteiger partial charge in [-0.1, -0.05) is 15.9 Å². The lowest BCUT2D eigenvalue weighted by Crippen LogP contribution is -2.41. The molecule has 1 aromatic rings. The topological polar surface area (TPSA) is 59.0 Å². The molecule has 23 heavy (non-hydrogen) atoms. The van der Waals surface area contributed by atoms with Gasteiger partial charge < -0.3 is 14.6 Å². The first-order valence-corrected chi connectivity index (χ1v) is 8.65. The van der Waals surface area contributed by atoms with Crippen LogP contribution in [0.25, 0.3) is 0 Å². The number of aromatic carboxylic acids is 1. The summed E-state index contributed by atoms with van der Waals surface area (Å²) in [5.74, 6) is -0.889. The molecular weight excluding hydrogens is 362 g/mol. The number of halogens is 1. The normalized spacial score (nSPS) is 16.0. The first kappa shape index (κ1) is 18.4. The minimum atomic E-state index is -0.889. The van der Waals surface area contributed by atoms with Crippen molar-refractivity contribution in [2.75, 3.05) is 33.5 Å². The SMILES string of the molecule is COCCN(Cc1cc(Br)cc(C(=O)O)c1C)C1CCOCC1. The van der Waals surface area contributed by atoms with E-state index in [0.29, 0.717) is 18.2 Å². The molecular formula is C17H24BrNO4. The maximum absolute atomic E-state index is 11.4. The highest BCUT2D eigenvalue weighted by Gasteiger charge is 2.23. The van der Waals surface area contributed by atoms with E-state index in [1.165, 1.54) is 0 Å². The zero-order valence-corrected chi connectivity index (χ0v) is 15.3. The second-order valence-electron chi connectivity index (χ2n) is 5.85. The fraction of sp³-hybridized carbons (Fsp3) is 0.588. The van der Waals surface area contributed by atoms with Gasteiger partial charge in [0, 0.05) is 43.9 Å². The summed E-state index contributed by atoms with van der Waals surface area (Å²) < 4.78 is 11.5. The molecule has 128 valence electrons. The molecule has 0 aromatic heterocycles. The zero-order chi connectivity index (χ0) is 16.8. The summed E-state index contributed by atoms with van der Waals surface area (Å²) in [6, 6.07) is 4.13. The van der Waals surface area contributed by atoms with Crippen LogP contribution in [0.1, 0.15) is 34.3 Å². The Morgan fingerprint density at radius 1 is 1.43 bits per heavy atom. The molecule has 0 saturated carbocycles. The van der Waals surface area contributed by atoms with Gasteiger partial charge in [0.15, 0.2) is 0 Å². The molecule has 1 aliphatic heterocycles. The average Bonchev–Trinajstić information content (AvgIpc) is 2.54. The van der Waals surface area contributed by atoms with Crippen LogP contribution >= 0.6 is 15.9 Å². The zero-order valence-electron chi connectivity index (χ0n) is 13.7. The summed E-state index contributed by atoms with van der Waals surface area (Å²) in [6.45, 7) is 5.66. The summed E-state index contributed by atoms with van der Waals surface area (Å²) in [5.41, 5.74) is 2.22. The molecule has 1 fully saturated rings. The van der Waals surface area contributed by atoms with E-state index < -0.39 is 5.97 Å². The Balaban J connectivity index is 2.22. The standard InChI is InChI=1S/C17H24BrNO4/c1-12-13(9-14(18)10-16(12)17(20)21)11-19(5-8-22-2)15-3-6-23-7-4-15/h9-10,15H,3-8,11H2,1-2H3,(H,20,21). The number of rotatable bonds is 7. The molecule has 1 aromatic carbocycles. The van der Waals surface area contributed by atoms with Crippen LogP contribution < -0.4 is 0 Å².